The maximum atomic E-state index is 5.82. The summed E-state index contributed by atoms with van der Waals surface area (Å²) in [6.07, 6.45) is 7.13. The summed E-state index contributed by atoms with van der Waals surface area (Å²) in [4.78, 5) is 4.33. The van der Waals surface area contributed by atoms with Crippen LogP contribution in [0.5, 0.6) is 5.88 Å². The lowest BCUT2D eigenvalue weighted by atomic mass is 9.83. The van der Waals surface area contributed by atoms with Crippen molar-refractivity contribution in [2.24, 2.45) is 5.92 Å². The Balaban J connectivity index is 1.89. The zero-order valence-electron chi connectivity index (χ0n) is 10.8. The number of nitrogens with one attached hydrogen (secondary N) is 1. The highest BCUT2D eigenvalue weighted by molar-refractivity contribution is 5.28. The van der Waals surface area contributed by atoms with E-state index >= 15 is 0 Å². The molecule has 0 spiro atoms. The summed E-state index contributed by atoms with van der Waals surface area (Å²) >= 11 is 0. The topological polar surface area (TPSA) is 34.2 Å². The standard InChI is InChI=1S/C14H22N2O/c1-11(15-2)13-7-4-9-16-14(13)17-10-8-12-5-3-6-12/h4,7,9,11-12,15H,3,5-6,8,10H2,1-2H3. The first-order valence-electron chi connectivity index (χ1n) is 6.56. The molecule has 2 rings (SSSR count). The maximum Gasteiger partial charge on any atom is 0.218 e. The van der Waals surface area contributed by atoms with Crippen LogP contribution >= 0.6 is 0 Å². The van der Waals surface area contributed by atoms with Crippen molar-refractivity contribution in [1.82, 2.24) is 10.3 Å². The normalized spacial score (nSPS) is 17.5. The lowest BCUT2D eigenvalue weighted by Gasteiger charge is -2.25. The Morgan fingerprint density at radius 1 is 1.53 bits per heavy atom. The van der Waals surface area contributed by atoms with Crippen LogP contribution in [0.1, 0.15) is 44.2 Å². The highest BCUT2D eigenvalue weighted by Gasteiger charge is 2.17. The fourth-order valence-electron chi connectivity index (χ4n) is 2.11. The van der Waals surface area contributed by atoms with Crippen molar-refractivity contribution in [2.45, 2.75) is 38.6 Å². The van der Waals surface area contributed by atoms with E-state index in [1.807, 2.05) is 13.1 Å². The molecule has 0 bridgehead atoms. The Labute approximate surface area is 104 Å². The number of rotatable bonds is 6. The Kier molecular flexibility index (Phi) is 4.37. The predicted octanol–water partition coefficient (Wildman–Crippen LogP) is 2.93. The lowest BCUT2D eigenvalue weighted by Crippen LogP contribution is -2.17. The molecule has 0 radical (unpaired) electrons. The fraction of sp³-hybridized carbons (Fsp3) is 0.643. The largest absolute Gasteiger partial charge is 0.477 e. The van der Waals surface area contributed by atoms with Gasteiger partial charge in [0.25, 0.3) is 0 Å². The van der Waals surface area contributed by atoms with Gasteiger partial charge in [0, 0.05) is 17.8 Å². The molecule has 1 aliphatic carbocycles. The molecule has 1 saturated carbocycles. The summed E-state index contributed by atoms with van der Waals surface area (Å²) in [7, 11) is 1.95. The molecule has 1 aliphatic rings. The first kappa shape index (κ1) is 12.4. The number of aromatic nitrogens is 1. The number of nitrogens with zero attached hydrogens (tertiary/aromatic N) is 1. The van der Waals surface area contributed by atoms with E-state index in [2.05, 4.69) is 23.3 Å². The minimum absolute atomic E-state index is 0.280. The van der Waals surface area contributed by atoms with Gasteiger partial charge >= 0.3 is 0 Å². The van der Waals surface area contributed by atoms with E-state index in [0.717, 1.165) is 24.0 Å². The van der Waals surface area contributed by atoms with Crippen LogP contribution in [-0.4, -0.2) is 18.6 Å². The lowest BCUT2D eigenvalue weighted by molar-refractivity contribution is 0.215. The van der Waals surface area contributed by atoms with Crippen LogP contribution in [0.15, 0.2) is 18.3 Å². The second-order valence-electron chi connectivity index (χ2n) is 4.84. The summed E-state index contributed by atoms with van der Waals surface area (Å²) in [6.45, 7) is 2.92. The van der Waals surface area contributed by atoms with Gasteiger partial charge in [0.15, 0.2) is 0 Å². The minimum atomic E-state index is 0.280. The second kappa shape index (κ2) is 6.01. The maximum absolute atomic E-state index is 5.82. The summed E-state index contributed by atoms with van der Waals surface area (Å²) in [5, 5.41) is 3.22. The summed E-state index contributed by atoms with van der Waals surface area (Å²) in [5.41, 5.74) is 1.14. The molecule has 0 aromatic carbocycles. The van der Waals surface area contributed by atoms with Gasteiger partial charge in [-0.15, -0.1) is 0 Å². The number of pyridine rings is 1. The average molecular weight is 234 g/mol. The summed E-state index contributed by atoms with van der Waals surface area (Å²) in [6, 6.07) is 4.32. The molecule has 1 fully saturated rings. The van der Waals surface area contributed by atoms with Crippen molar-refractivity contribution in [3.63, 3.8) is 0 Å². The third-order valence-electron chi connectivity index (χ3n) is 3.69. The third kappa shape index (κ3) is 3.19. The van der Waals surface area contributed by atoms with Crippen LogP contribution < -0.4 is 10.1 Å². The van der Waals surface area contributed by atoms with Gasteiger partial charge in [-0.3, -0.25) is 0 Å². The molecule has 1 aromatic rings. The number of ether oxygens (including phenoxy) is 1. The van der Waals surface area contributed by atoms with Gasteiger partial charge < -0.3 is 10.1 Å². The minimum Gasteiger partial charge on any atom is -0.477 e. The quantitative estimate of drug-likeness (QED) is 0.821. The predicted molar refractivity (Wildman–Crippen MR) is 69.2 cm³/mol. The molecule has 1 aromatic heterocycles. The average Bonchev–Trinajstić information content (AvgIpc) is 2.32. The highest BCUT2D eigenvalue weighted by Crippen LogP contribution is 2.29. The molecule has 0 amide bonds. The molecule has 3 nitrogen and oxygen atoms in total. The third-order valence-corrected chi connectivity index (χ3v) is 3.69. The van der Waals surface area contributed by atoms with Crippen LogP contribution in [0.4, 0.5) is 0 Å². The Bertz CT molecular complexity index is 350. The van der Waals surface area contributed by atoms with Crippen LogP contribution in [0.3, 0.4) is 0 Å². The van der Waals surface area contributed by atoms with Crippen molar-refractivity contribution < 1.29 is 4.74 Å². The summed E-state index contributed by atoms with van der Waals surface area (Å²) in [5.74, 6) is 1.68. The van der Waals surface area contributed by atoms with Crippen LogP contribution in [0.2, 0.25) is 0 Å². The number of hydrogen-bond donors (Lipinski definition) is 1. The molecule has 94 valence electrons. The van der Waals surface area contributed by atoms with E-state index in [0.29, 0.717) is 0 Å². The van der Waals surface area contributed by atoms with Crippen LogP contribution in [0.25, 0.3) is 0 Å². The van der Waals surface area contributed by atoms with E-state index in [-0.39, 0.29) is 6.04 Å². The van der Waals surface area contributed by atoms with Crippen molar-refractivity contribution in [3.8, 4) is 5.88 Å². The van der Waals surface area contributed by atoms with E-state index in [1.54, 1.807) is 6.20 Å². The van der Waals surface area contributed by atoms with Gasteiger partial charge in [-0.1, -0.05) is 25.3 Å². The SMILES string of the molecule is CNC(C)c1cccnc1OCCC1CCC1. The molecule has 3 heteroatoms. The molecule has 1 atom stereocenters. The number of hydrogen-bond acceptors (Lipinski definition) is 3. The molecular formula is C14H22N2O. The van der Waals surface area contributed by atoms with Crippen LogP contribution in [0, 0.1) is 5.92 Å². The van der Waals surface area contributed by atoms with Crippen molar-refractivity contribution in [2.75, 3.05) is 13.7 Å². The fourth-order valence-corrected chi connectivity index (χ4v) is 2.11. The van der Waals surface area contributed by atoms with Crippen molar-refractivity contribution in [1.29, 1.82) is 0 Å². The molecule has 0 saturated heterocycles. The zero-order valence-corrected chi connectivity index (χ0v) is 10.8. The van der Waals surface area contributed by atoms with E-state index in [1.165, 1.54) is 25.7 Å². The molecular weight excluding hydrogens is 212 g/mol. The van der Waals surface area contributed by atoms with Crippen molar-refractivity contribution in [3.05, 3.63) is 23.9 Å². The van der Waals surface area contributed by atoms with Gasteiger partial charge in [-0.25, -0.2) is 4.98 Å². The van der Waals surface area contributed by atoms with Gasteiger partial charge in [-0.05, 0) is 32.4 Å². The van der Waals surface area contributed by atoms with E-state index in [4.69, 9.17) is 4.74 Å². The molecule has 1 N–H and O–H groups in total. The van der Waals surface area contributed by atoms with Gasteiger partial charge in [0.2, 0.25) is 5.88 Å². The summed E-state index contributed by atoms with van der Waals surface area (Å²) < 4.78 is 5.82. The Hall–Kier alpha value is -1.09. The molecule has 0 aliphatic heterocycles. The highest BCUT2D eigenvalue weighted by atomic mass is 16.5. The first-order chi connectivity index (χ1) is 8.31. The smallest absolute Gasteiger partial charge is 0.218 e. The second-order valence-corrected chi connectivity index (χ2v) is 4.84. The molecule has 1 unspecified atom stereocenters. The monoisotopic (exact) mass is 234 g/mol. The van der Waals surface area contributed by atoms with Gasteiger partial charge in [0.05, 0.1) is 6.61 Å². The zero-order chi connectivity index (χ0) is 12.1. The van der Waals surface area contributed by atoms with E-state index in [9.17, 15) is 0 Å². The van der Waals surface area contributed by atoms with Crippen LogP contribution in [-0.2, 0) is 0 Å². The Morgan fingerprint density at radius 2 is 2.35 bits per heavy atom. The molecule has 17 heavy (non-hydrogen) atoms. The van der Waals surface area contributed by atoms with Gasteiger partial charge in [-0.2, -0.15) is 0 Å². The Morgan fingerprint density at radius 3 is 3.00 bits per heavy atom. The molecule has 1 heterocycles. The van der Waals surface area contributed by atoms with Crippen molar-refractivity contribution >= 4 is 0 Å². The van der Waals surface area contributed by atoms with Gasteiger partial charge in [0.1, 0.15) is 0 Å². The first-order valence-corrected chi connectivity index (χ1v) is 6.56. The van der Waals surface area contributed by atoms with E-state index < -0.39 is 0 Å².